The standard InChI is InChI=1S/C24H23N3O4S/c28-19-6-3-5-17(12-19)22(30)26-23-25-18(14-32-23)13-21(29)27-11-10-24(15-27)9-8-16-4-1-2-7-20(16)31-24/h1-7,12,14,28H,8-11,13,15H2,(H,25,26,30). The van der Waals surface area contributed by atoms with Gasteiger partial charge in [-0.1, -0.05) is 24.3 Å². The highest BCUT2D eigenvalue weighted by Crippen LogP contribution is 2.38. The second-order valence-electron chi connectivity index (χ2n) is 8.28. The second kappa shape index (κ2) is 8.27. The molecule has 2 aliphatic rings. The molecule has 2 N–H and O–H groups in total. The molecule has 1 fully saturated rings. The van der Waals surface area contributed by atoms with Crippen LogP contribution in [0.4, 0.5) is 5.13 Å². The maximum Gasteiger partial charge on any atom is 0.257 e. The molecule has 1 spiro atoms. The molecule has 3 aromatic rings. The van der Waals surface area contributed by atoms with Crippen LogP contribution in [0.25, 0.3) is 0 Å². The van der Waals surface area contributed by atoms with Crippen molar-refractivity contribution in [3.8, 4) is 11.5 Å². The number of aryl methyl sites for hydroxylation is 1. The second-order valence-corrected chi connectivity index (χ2v) is 9.14. The number of phenols is 1. The minimum atomic E-state index is -0.357. The topological polar surface area (TPSA) is 91.8 Å². The molecular weight excluding hydrogens is 426 g/mol. The van der Waals surface area contributed by atoms with Gasteiger partial charge in [0.05, 0.1) is 18.7 Å². The fourth-order valence-corrected chi connectivity index (χ4v) is 5.04. The Labute approximate surface area is 189 Å². The van der Waals surface area contributed by atoms with E-state index in [2.05, 4.69) is 16.4 Å². The van der Waals surface area contributed by atoms with Crippen LogP contribution in [0.5, 0.6) is 11.5 Å². The predicted molar refractivity (Wildman–Crippen MR) is 121 cm³/mol. The highest BCUT2D eigenvalue weighted by Gasteiger charge is 2.44. The summed E-state index contributed by atoms with van der Waals surface area (Å²) in [6, 6.07) is 14.2. The van der Waals surface area contributed by atoms with Crippen LogP contribution in [-0.4, -0.2) is 45.5 Å². The Hall–Kier alpha value is -3.39. The number of aromatic nitrogens is 1. The van der Waals surface area contributed by atoms with Gasteiger partial charge in [-0.3, -0.25) is 14.9 Å². The number of thiazole rings is 1. The summed E-state index contributed by atoms with van der Waals surface area (Å²) in [4.78, 5) is 31.5. The maximum absolute atomic E-state index is 12.9. The number of phenolic OH excluding ortho intramolecular Hbond substituents is 1. The summed E-state index contributed by atoms with van der Waals surface area (Å²) in [5.41, 5.74) is 1.90. The Morgan fingerprint density at radius 3 is 2.94 bits per heavy atom. The molecule has 1 unspecified atom stereocenters. The molecule has 5 rings (SSSR count). The van der Waals surface area contributed by atoms with Gasteiger partial charge < -0.3 is 14.7 Å². The van der Waals surface area contributed by atoms with E-state index in [9.17, 15) is 14.7 Å². The first-order valence-corrected chi connectivity index (χ1v) is 11.5. The first-order chi connectivity index (χ1) is 15.5. The van der Waals surface area contributed by atoms with E-state index in [1.54, 1.807) is 17.5 Å². The van der Waals surface area contributed by atoms with Gasteiger partial charge in [0.2, 0.25) is 5.91 Å². The largest absolute Gasteiger partial charge is 0.508 e. The monoisotopic (exact) mass is 449 g/mol. The van der Waals surface area contributed by atoms with Crippen molar-refractivity contribution >= 4 is 28.3 Å². The average molecular weight is 450 g/mol. The van der Waals surface area contributed by atoms with Crippen molar-refractivity contribution < 1.29 is 19.4 Å². The van der Waals surface area contributed by atoms with E-state index >= 15 is 0 Å². The van der Waals surface area contributed by atoms with Crippen molar-refractivity contribution in [2.24, 2.45) is 0 Å². The number of amides is 2. The number of carbonyl (C=O) groups excluding carboxylic acids is 2. The fourth-order valence-electron chi connectivity index (χ4n) is 4.33. The molecule has 0 bridgehead atoms. The third-order valence-electron chi connectivity index (χ3n) is 6.03. The van der Waals surface area contributed by atoms with E-state index in [4.69, 9.17) is 4.74 Å². The Bertz CT molecular complexity index is 1180. The van der Waals surface area contributed by atoms with E-state index in [1.807, 2.05) is 23.1 Å². The smallest absolute Gasteiger partial charge is 0.257 e. The van der Waals surface area contributed by atoms with Crippen molar-refractivity contribution in [3.63, 3.8) is 0 Å². The summed E-state index contributed by atoms with van der Waals surface area (Å²) in [5, 5.41) is 14.5. The molecule has 3 heterocycles. The summed E-state index contributed by atoms with van der Waals surface area (Å²) in [6.45, 7) is 1.26. The molecule has 164 valence electrons. The number of rotatable bonds is 4. The van der Waals surface area contributed by atoms with E-state index in [1.165, 1.54) is 29.0 Å². The number of fused-ring (bicyclic) bond motifs is 1. The molecule has 0 aliphatic carbocycles. The molecule has 1 saturated heterocycles. The van der Waals surface area contributed by atoms with Crippen LogP contribution >= 0.6 is 11.3 Å². The number of carbonyl (C=O) groups is 2. The van der Waals surface area contributed by atoms with Crippen LogP contribution in [-0.2, 0) is 17.6 Å². The quantitative estimate of drug-likeness (QED) is 0.635. The molecule has 0 saturated carbocycles. The van der Waals surface area contributed by atoms with Crippen LogP contribution in [0.15, 0.2) is 53.9 Å². The minimum absolute atomic E-state index is 0.0143. The van der Waals surface area contributed by atoms with Gasteiger partial charge in [-0.2, -0.15) is 0 Å². The number of hydrogen-bond donors (Lipinski definition) is 2. The number of para-hydroxylation sites is 1. The normalized spacial score (nSPS) is 19.4. The molecule has 32 heavy (non-hydrogen) atoms. The van der Waals surface area contributed by atoms with Crippen LogP contribution in [0.2, 0.25) is 0 Å². The number of anilines is 1. The lowest BCUT2D eigenvalue weighted by Gasteiger charge is -2.35. The lowest BCUT2D eigenvalue weighted by Crippen LogP contribution is -2.43. The number of nitrogens with one attached hydrogen (secondary N) is 1. The van der Waals surface area contributed by atoms with E-state index in [-0.39, 0.29) is 29.6 Å². The van der Waals surface area contributed by atoms with E-state index in [0.29, 0.717) is 29.5 Å². The van der Waals surface area contributed by atoms with Crippen LogP contribution < -0.4 is 10.1 Å². The number of ether oxygens (including phenoxy) is 1. The van der Waals surface area contributed by atoms with Crippen molar-refractivity contribution in [3.05, 3.63) is 70.7 Å². The van der Waals surface area contributed by atoms with E-state index < -0.39 is 0 Å². The molecule has 1 aromatic heterocycles. The summed E-state index contributed by atoms with van der Waals surface area (Å²) in [5.74, 6) is 0.612. The third kappa shape index (κ3) is 4.18. The Kier molecular flexibility index (Phi) is 5.30. The molecular formula is C24H23N3O4S. The van der Waals surface area contributed by atoms with Crippen LogP contribution in [0, 0.1) is 0 Å². The van der Waals surface area contributed by atoms with Gasteiger partial charge in [-0.25, -0.2) is 4.98 Å². The third-order valence-corrected chi connectivity index (χ3v) is 6.84. The molecule has 2 aromatic carbocycles. The fraction of sp³-hybridized carbons (Fsp3) is 0.292. The molecule has 1 atom stereocenters. The van der Waals surface area contributed by atoms with Gasteiger partial charge >= 0.3 is 0 Å². The van der Waals surface area contributed by atoms with E-state index in [0.717, 1.165) is 25.0 Å². The zero-order valence-corrected chi connectivity index (χ0v) is 18.2. The van der Waals surface area contributed by atoms with Gasteiger partial charge in [-0.15, -0.1) is 11.3 Å². The van der Waals surface area contributed by atoms with Gasteiger partial charge in [0.25, 0.3) is 5.91 Å². The van der Waals surface area contributed by atoms with Crippen LogP contribution in [0.3, 0.4) is 0 Å². The number of hydrogen-bond acceptors (Lipinski definition) is 6. The van der Waals surface area contributed by atoms with Gasteiger partial charge in [0.1, 0.15) is 17.1 Å². The summed E-state index contributed by atoms with van der Waals surface area (Å²) in [7, 11) is 0. The summed E-state index contributed by atoms with van der Waals surface area (Å²) in [6.07, 6.45) is 2.89. The number of nitrogens with zero attached hydrogens (tertiary/aromatic N) is 2. The maximum atomic E-state index is 12.9. The van der Waals surface area contributed by atoms with Gasteiger partial charge in [-0.05, 0) is 42.7 Å². The van der Waals surface area contributed by atoms with Crippen molar-refractivity contribution in [1.29, 1.82) is 0 Å². The molecule has 7 nitrogen and oxygen atoms in total. The lowest BCUT2D eigenvalue weighted by atomic mass is 9.90. The Balaban J connectivity index is 1.19. The van der Waals surface area contributed by atoms with Crippen molar-refractivity contribution in [1.82, 2.24) is 9.88 Å². The zero-order chi connectivity index (χ0) is 22.1. The zero-order valence-electron chi connectivity index (χ0n) is 17.4. The summed E-state index contributed by atoms with van der Waals surface area (Å²) < 4.78 is 6.34. The van der Waals surface area contributed by atoms with Crippen molar-refractivity contribution in [2.75, 3.05) is 18.4 Å². The number of likely N-dealkylation sites (tertiary alicyclic amines) is 1. The predicted octanol–water partition coefficient (Wildman–Crippen LogP) is 3.64. The van der Waals surface area contributed by atoms with Gasteiger partial charge in [0.15, 0.2) is 5.13 Å². The number of benzene rings is 2. The first-order valence-electron chi connectivity index (χ1n) is 10.6. The highest BCUT2D eigenvalue weighted by atomic mass is 32.1. The average Bonchev–Trinajstić information content (AvgIpc) is 3.41. The van der Waals surface area contributed by atoms with Gasteiger partial charge in [0, 0.05) is 23.9 Å². The molecule has 2 aliphatic heterocycles. The Morgan fingerprint density at radius 2 is 2.06 bits per heavy atom. The first kappa shape index (κ1) is 20.5. The lowest BCUT2D eigenvalue weighted by molar-refractivity contribution is -0.130. The molecule has 8 heteroatoms. The molecule has 0 radical (unpaired) electrons. The van der Waals surface area contributed by atoms with Crippen LogP contribution in [0.1, 0.15) is 34.5 Å². The van der Waals surface area contributed by atoms with Crippen molar-refractivity contribution in [2.45, 2.75) is 31.3 Å². The Morgan fingerprint density at radius 1 is 1.19 bits per heavy atom. The molecule has 2 amide bonds. The SMILES string of the molecule is O=C(Nc1nc(CC(=O)N2CCC3(CCc4ccccc4O3)C2)cs1)c1cccc(O)c1. The highest BCUT2D eigenvalue weighted by molar-refractivity contribution is 7.14. The minimum Gasteiger partial charge on any atom is -0.508 e. The summed E-state index contributed by atoms with van der Waals surface area (Å²) >= 11 is 1.27. The number of aromatic hydroxyl groups is 1.